The molecule has 1 nitrogen and oxygen atoms in total. The molecule has 2 fully saturated rings. The van der Waals surface area contributed by atoms with Crippen LogP contribution in [0.25, 0.3) is 6.08 Å². The van der Waals surface area contributed by atoms with Crippen LogP contribution in [0.2, 0.25) is 0 Å². The fourth-order valence-electron chi connectivity index (χ4n) is 8.37. The third-order valence-corrected chi connectivity index (χ3v) is 10.3. The number of pyridine rings is 1. The maximum absolute atomic E-state index is 4.25. The zero-order chi connectivity index (χ0) is 22.5. The van der Waals surface area contributed by atoms with Gasteiger partial charge in [0.05, 0.1) is 0 Å². The van der Waals surface area contributed by atoms with Gasteiger partial charge in [0, 0.05) is 12.4 Å². The number of allylic oxidation sites excluding steroid dienone is 5. The lowest BCUT2D eigenvalue weighted by Crippen LogP contribution is -2.39. The number of fused-ring (bicyclic) bond motifs is 4. The molecule has 1 aromatic rings. The zero-order valence-corrected chi connectivity index (χ0v) is 21.0. The molecule has 172 valence electrons. The van der Waals surface area contributed by atoms with E-state index in [4.69, 9.17) is 0 Å². The highest BCUT2D eigenvalue weighted by Crippen LogP contribution is 2.63. The molecule has 32 heavy (non-hydrogen) atoms. The number of hydrogen-bond acceptors (Lipinski definition) is 1. The Morgan fingerprint density at radius 1 is 1.16 bits per heavy atom. The van der Waals surface area contributed by atoms with Crippen LogP contribution in [0.3, 0.4) is 0 Å². The third-order valence-electron chi connectivity index (χ3n) is 10.3. The summed E-state index contributed by atoms with van der Waals surface area (Å²) in [6, 6.07) is 2.15. The fourth-order valence-corrected chi connectivity index (χ4v) is 8.37. The summed E-state index contributed by atoms with van der Waals surface area (Å²) in [6.07, 6.45) is 25.1. The van der Waals surface area contributed by atoms with Gasteiger partial charge in [-0.1, -0.05) is 57.6 Å². The van der Waals surface area contributed by atoms with Crippen molar-refractivity contribution < 1.29 is 0 Å². The first-order valence-electron chi connectivity index (χ1n) is 13.3. The van der Waals surface area contributed by atoms with E-state index in [2.05, 4.69) is 70.0 Å². The smallest absolute Gasteiger partial charge is 0.0303 e. The zero-order valence-electron chi connectivity index (χ0n) is 21.0. The highest BCUT2D eigenvalue weighted by atomic mass is 14.6. The minimum atomic E-state index is 0.425. The summed E-state index contributed by atoms with van der Waals surface area (Å²) in [6.45, 7) is 12.3. The molecule has 5 rings (SSSR count). The molecule has 0 bridgehead atoms. The van der Waals surface area contributed by atoms with Crippen molar-refractivity contribution in [1.29, 1.82) is 0 Å². The van der Waals surface area contributed by atoms with Crippen LogP contribution in [0.5, 0.6) is 0 Å². The number of nitrogens with zero attached hydrogens (tertiary/aromatic N) is 1. The predicted molar refractivity (Wildman–Crippen MR) is 136 cm³/mol. The Hall–Kier alpha value is -1.63. The van der Waals surface area contributed by atoms with E-state index in [0.717, 1.165) is 23.7 Å². The Morgan fingerprint density at radius 3 is 2.81 bits per heavy atom. The number of rotatable bonds is 3. The molecule has 7 unspecified atom stereocenters. The molecule has 1 aromatic heterocycles. The van der Waals surface area contributed by atoms with Gasteiger partial charge in [-0.05, 0) is 121 Å². The van der Waals surface area contributed by atoms with Gasteiger partial charge in [-0.2, -0.15) is 0 Å². The van der Waals surface area contributed by atoms with E-state index in [1.807, 2.05) is 18.0 Å². The quantitative estimate of drug-likeness (QED) is 0.469. The van der Waals surface area contributed by atoms with Crippen LogP contribution in [-0.4, -0.2) is 4.98 Å². The molecule has 7 atom stereocenters. The topological polar surface area (TPSA) is 12.9 Å². The van der Waals surface area contributed by atoms with E-state index in [-0.39, 0.29) is 0 Å². The summed E-state index contributed by atoms with van der Waals surface area (Å²) in [5.41, 5.74) is 7.02. The lowest BCUT2D eigenvalue weighted by molar-refractivity contribution is 0.0597. The molecule has 0 saturated heterocycles. The van der Waals surface area contributed by atoms with Gasteiger partial charge in [-0.15, -0.1) is 0 Å². The third kappa shape index (κ3) is 3.74. The van der Waals surface area contributed by atoms with Crippen molar-refractivity contribution in [3.8, 4) is 0 Å². The lowest BCUT2D eigenvalue weighted by atomic mass is 9.57. The van der Waals surface area contributed by atoms with Crippen molar-refractivity contribution >= 4 is 6.08 Å². The summed E-state index contributed by atoms with van der Waals surface area (Å²) in [4.78, 5) is 4.25. The molecule has 0 aromatic carbocycles. The van der Waals surface area contributed by atoms with Gasteiger partial charge in [-0.25, -0.2) is 0 Å². The second-order valence-electron chi connectivity index (χ2n) is 12.4. The highest BCUT2D eigenvalue weighted by molar-refractivity contribution is 5.52. The fraction of sp³-hybridized carbons (Fsp3) is 0.645. The van der Waals surface area contributed by atoms with Gasteiger partial charge < -0.3 is 0 Å². The van der Waals surface area contributed by atoms with Crippen molar-refractivity contribution in [3.05, 3.63) is 59.0 Å². The first-order valence-corrected chi connectivity index (χ1v) is 13.3. The highest BCUT2D eigenvalue weighted by Gasteiger charge is 2.54. The SMILES string of the molecule is Cc1cnccc1C=CC(C)C1CCC2C3CCC4(C)CC(C)CC=C4C=C3CCC12C. The van der Waals surface area contributed by atoms with Crippen LogP contribution >= 0.6 is 0 Å². The van der Waals surface area contributed by atoms with Crippen LogP contribution in [0, 0.1) is 47.3 Å². The largest absolute Gasteiger partial charge is 0.264 e. The van der Waals surface area contributed by atoms with Crippen molar-refractivity contribution in [1.82, 2.24) is 4.98 Å². The summed E-state index contributed by atoms with van der Waals surface area (Å²) in [7, 11) is 0. The maximum Gasteiger partial charge on any atom is 0.0303 e. The van der Waals surface area contributed by atoms with Crippen molar-refractivity contribution in [2.75, 3.05) is 0 Å². The van der Waals surface area contributed by atoms with E-state index in [0.29, 0.717) is 16.7 Å². The monoisotopic (exact) mass is 429 g/mol. The average Bonchev–Trinajstić information content (AvgIpc) is 3.03. The van der Waals surface area contributed by atoms with Gasteiger partial charge in [0.2, 0.25) is 0 Å². The van der Waals surface area contributed by atoms with Crippen LogP contribution in [0.15, 0.2) is 47.8 Å². The second-order valence-corrected chi connectivity index (χ2v) is 12.4. The summed E-state index contributed by atoms with van der Waals surface area (Å²) in [5.74, 6) is 4.01. The van der Waals surface area contributed by atoms with Crippen LogP contribution in [0.1, 0.15) is 90.2 Å². The number of aromatic nitrogens is 1. The minimum Gasteiger partial charge on any atom is -0.264 e. The Bertz CT molecular complexity index is 951. The number of hydrogen-bond donors (Lipinski definition) is 0. The van der Waals surface area contributed by atoms with Crippen molar-refractivity contribution in [2.24, 2.45) is 40.4 Å². The number of aryl methyl sites for hydroxylation is 1. The molecule has 0 aliphatic heterocycles. The van der Waals surface area contributed by atoms with Crippen LogP contribution < -0.4 is 0 Å². The molecule has 4 aliphatic carbocycles. The lowest BCUT2D eigenvalue weighted by Gasteiger charge is -2.47. The van der Waals surface area contributed by atoms with E-state index in [1.165, 1.54) is 62.5 Å². The van der Waals surface area contributed by atoms with E-state index in [1.54, 1.807) is 5.57 Å². The molecule has 2 saturated carbocycles. The Morgan fingerprint density at radius 2 is 2.00 bits per heavy atom. The van der Waals surface area contributed by atoms with E-state index >= 15 is 0 Å². The molecule has 1 heterocycles. The maximum atomic E-state index is 4.25. The van der Waals surface area contributed by atoms with E-state index < -0.39 is 0 Å². The standard InChI is InChI=1S/C31H43N/c1-21-6-9-26-18-25-12-16-31(5)28(22(2)7-8-24-14-17-32-20-23(24)3)10-11-29(31)27(25)13-15-30(26,4)19-21/h7-9,14,17-18,20-22,27-29H,6,10-13,15-16,19H2,1-5H3. The molecule has 0 spiro atoms. The Balaban J connectivity index is 1.36. The molecular weight excluding hydrogens is 386 g/mol. The van der Waals surface area contributed by atoms with Crippen molar-refractivity contribution in [2.45, 2.75) is 86.0 Å². The van der Waals surface area contributed by atoms with Gasteiger partial charge >= 0.3 is 0 Å². The van der Waals surface area contributed by atoms with Crippen LogP contribution in [-0.2, 0) is 0 Å². The minimum absolute atomic E-state index is 0.425. The Kier molecular flexibility index (Phi) is 5.75. The first-order chi connectivity index (χ1) is 15.3. The first kappa shape index (κ1) is 22.2. The average molecular weight is 430 g/mol. The van der Waals surface area contributed by atoms with E-state index in [9.17, 15) is 0 Å². The summed E-state index contributed by atoms with van der Waals surface area (Å²) in [5, 5.41) is 0. The van der Waals surface area contributed by atoms with Crippen LogP contribution in [0.4, 0.5) is 0 Å². The normalized spacial score (nSPS) is 40.0. The van der Waals surface area contributed by atoms with Gasteiger partial charge in [0.15, 0.2) is 0 Å². The van der Waals surface area contributed by atoms with Gasteiger partial charge in [0.25, 0.3) is 0 Å². The molecule has 0 amide bonds. The molecule has 1 heteroatoms. The van der Waals surface area contributed by atoms with Gasteiger partial charge in [-0.3, -0.25) is 4.98 Å². The molecular formula is C31H43N. The molecule has 4 aliphatic rings. The predicted octanol–water partition coefficient (Wildman–Crippen LogP) is 8.56. The second kappa shape index (κ2) is 8.30. The molecule has 0 radical (unpaired) electrons. The molecule has 0 N–H and O–H groups in total. The van der Waals surface area contributed by atoms with Gasteiger partial charge in [0.1, 0.15) is 0 Å². The Labute approximate surface area is 196 Å². The summed E-state index contributed by atoms with van der Waals surface area (Å²) >= 11 is 0. The summed E-state index contributed by atoms with van der Waals surface area (Å²) < 4.78 is 0. The van der Waals surface area contributed by atoms with Crippen molar-refractivity contribution in [3.63, 3.8) is 0 Å².